The van der Waals surface area contributed by atoms with E-state index >= 15 is 0 Å². The van der Waals surface area contributed by atoms with Gasteiger partial charge in [-0.15, -0.1) is 0 Å². The van der Waals surface area contributed by atoms with Gasteiger partial charge in [-0.2, -0.15) is 18.3 Å². The van der Waals surface area contributed by atoms with E-state index in [9.17, 15) is 22.8 Å². The molecular weight excluding hydrogens is 1080 g/mol. The van der Waals surface area contributed by atoms with Crippen molar-refractivity contribution in [3.8, 4) is 22.5 Å². The standard InChI is InChI=1S/C29H37F3N8O2.C20H25ClN4O2.C9H18N4/c1-28(2,3)42-23-17-39(18-23)27(41)34-14-20-6-5-19(13-24(20)29(30,31)32)25-7-10-33-26(37-25)36-21-15-35-40(16-21)22-8-11-38(4)12-9-22;1-13-9-14(17-7-8-22-18(21)24-17)5-6-15(13)10-23-19(26)25-11-16(12-25)27-20(2,3)4;1-13-4-2-9(3-5-13)12-7-8(11)6-10/h5-7,10,13,15-16,22-23H,8-9,11-12,14,17-18H2,1-4H3,(H,34,41)(H,33,36,37);5-9,16H,10-12H2,1-4H3,(H,23,26);6-7,9H,2-5,10-11H2,1H3. The molecule has 4 aliphatic heterocycles. The van der Waals surface area contributed by atoms with Gasteiger partial charge >= 0.3 is 18.2 Å². The Morgan fingerprint density at radius 3 is 1.82 bits per heavy atom. The second-order valence-electron chi connectivity index (χ2n) is 23.2. The molecule has 444 valence electrons. The van der Waals surface area contributed by atoms with Gasteiger partial charge in [-0.25, -0.2) is 29.5 Å². The highest BCUT2D eigenvalue weighted by Gasteiger charge is 2.37. The first-order valence-electron chi connectivity index (χ1n) is 27.7. The molecule has 7 heterocycles. The maximum atomic E-state index is 14.1. The number of allylic oxidation sites excluding steroid dienone is 1. The van der Waals surface area contributed by atoms with Gasteiger partial charge in [0.05, 0.1) is 96.2 Å². The monoisotopic (exact) mass is 1160 g/mol. The molecule has 4 amide bonds. The molecule has 0 atom stereocenters. The van der Waals surface area contributed by atoms with Crippen LogP contribution in [-0.2, 0) is 28.7 Å². The molecule has 2 aromatic carbocycles. The lowest BCUT2D eigenvalue weighted by atomic mass is 10.0. The Bertz CT molecular complexity index is 2970. The molecule has 20 nitrogen and oxygen atoms in total. The Hall–Kier alpha value is -6.92. The fourth-order valence-electron chi connectivity index (χ4n) is 9.57. The van der Waals surface area contributed by atoms with E-state index in [4.69, 9.17) is 32.5 Å². The quantitative estimate of drug-likeness (QED) is 0.0548. The summed E-state index contributed by atoms with van der Waals surface area (Å²) in [5.41, 5.74) is 15.1. The summed E-state index contributed by atoms with van der Waals surface area (Å²) in [5.74, 6) is 0.253. The van der Waals surface area contributed by atoms with Gasteiger partial charge in [-0.05, 0) is 167 Å². The van der Waals surface area contributed by atoms with Crippen molar-refractivity contribution >= 4 is 41.5 Å². The number of anilines is 2. The molecule has 4 saturated heterocycles. The Labute approximate surface area is 484 Å². The molecule has 7 N–H and O–H groups in total. The minimum absolute atomic E-state index is 0.0312. The largest absolute Gasteiger partial charge is 0.416 e. The van der Waals surface area contributed by atoms with Gasteiger partial charge in [-0.3, -0.25) is 9.67 Å². The van der Waals surface area contributed by atoms with Crippen LogP contribution >= 0.6 is 11.6 Å². The number of likely N-dealkylation sites (tertiary alicyclic amines) is 4. The zero-order valence-electron chi connectivity index (χ0n) is 48.5. The minimum Gasteiger partial charge on any atom is -0.403 e. The normalized spacial score (nSPS) is 17.3. The number of amides is 4. The zero-order valence-corrected chi connectivity index (χ0v) is 49.3. The topological polar surface area (TPSA) is 235 Å². The number of nitrogens with two attached hydrogens (primary N) is 2. The fourth-order valence-corrected chi connectivity index (χ4v) is 9.72. The molecule has 9 rings (SSSR count). The van der Waals surface area contributed by atoms with Crippen LogP contribution in [0.15, 0.2) is 90.2 Å². The highest BCUT2D eigenvalue weighted by molar-refractivity contribution is 6.28. The van der Waals surface area contributed by atoms with Crippen LogP contribution in [0.4, 0.5) is 34.4 Å². The number of rotatable bonds is 13. The molecule has 0 unspecified atom stereocenters. The Balaban J connectivity index is 0.000000205. The van der Waals surface area contributed by atoms with E-state index in [0.29, 0.717) is 61.9 Å². The van der Waals surface area contributed by atoms with E-state index < -0.39 is 17.8 Å². The molecule has 4 fully saturated rings. The summed E-state index contributed by atoms with van der Waals surface area (Å²) in [7, 11) is 4.24. The third-order valence-corrected chi connectivity index (χ3v) is 14.2. The molecule has 5 aromatic rings. The van der Waals surface area contributed by atoms with E-state index in [-0.39, 0.29) is 58.3 Å². The molecule has 0 saturated carbocycles. The first-order valence-corrected chi connectivity index (χ1v) is 28.1. The summed E-state index contributed by atoms with van der Waals surface area (Å²) in [6, 6.07) is 13.7. The number of aromatic nitrogens is 6. The fraction of sp³-hybridized carbons (Fsp3) is 0.517. The van der Waals surface area contributed by atoms with Crippen LogP contribution in [0.2, 0.25) is 5.28 Å². The van der Waals surface area contributed by atoms with E-state index in [1.807, 2.05) is 83.6 Å². The van der Waals surface area contributed by atoms with Gasteiger partial charge in [0.25, 0.3) is 0 Å². The molecule has 0 radical (unpaired) electrons. The number of hydrogen-bond acceptors (Lipinski definition) is 15. The average Bonchev–Trinajstić information content (AvgIpc) is 3.95. The predicted octanol–water partition coefficient (Wildman–Crippen LogP) is 8.80. The smallest absolute Gasteiger partial charge is 0.403 e. The summed E-state index contributed by atoms with van der Waals surface area (Å²) in [5, 5.41) is 13.4. The Kier molecular flexibility index (Phi) is 21.3. The number of piperidine rings is 2. The first-order chi connectivity index (χ1) is 38.8. The summed E-state index contributed by atoms with van der Waals surface area (Å²) < 4.78 is 55.8. The highest BCUT2D eigenvalue weighted by Crippen LogP contribution is 2.35. The van der Waals surface area contributed by atoms with Crippen molar-refractivity contribution in [2.75, 3.05) is 71.8 Å². The number of carbonyl (C=O) groups excluding carboxylic acids is 2. The van der Waals surface area contributed by atoms with Crippen molar-refractivity contribution in [1.29, 1.82) is 0 Å². The SMILES string of the molecule is CN1CCC(N=CC(N)=CN)CC1.CN1CCC(n2cc(Nc3nccc(-c4ccc(CNC(=O)N5CC(OC(C)(C)C)C5)c(C(F)(F)F)c4)n3)cn2)CC1.Cc1cc(-c2ccnc(Cl)n2)ccc1CNC(=O)N1CC(OC(C)(C)C)C1. The lowest BCUT2D eigenvalue weighted by molar-refractivity contribution is -0.138. The van der Waals surface area contributed by atoms with Crippen LogP contribution < -0.4 is 27.4 Å². The number of carbonyl (C=O) groups is 2. The van der Waals surface area contributed by atoms with E-state index in [2.05, 4.69) is 69.9 Å². The minimum atomic E-state index is -4.62. The third-order valence-electron chi connectivity index (χ3n) is 14.0. The molecule has 0 aliphatic carbocycles. The van der Waals surface area contributed by atoms with Crippen LogP contribution in [0.25, 0.3) is 22.5 Å². The Morgan fingerprint density at radius 1 is 0.756 bits per heavy atom. The summed E-state index contributed by atoms with van der Waals surface area (Å²) in [6.45, 7) is 20.4. The van der Waals surface area contributed by atoms with Crippen molar-refractivity contribution < 1.29 is 32.2 Å². The van der Waals surface area contributed by atoms with E-state index in [0.717, 1.165) is 80.3 Å². The molecular formula is C58H80ClF3N16O4. The molecule has 24 heteroatoms. The van der Waals surface area contributed by atoms with Crippen LogP contribution in [0.1, 0.15) is 95.5 Å². The number of benzene rings is 2. The maximum Gasteiger partial charge on any atom is 0.416 e. The van der Waals surface area contributed by atoms with Gasteiger partial charge in [0.2, 0.25) is 11.2 Å². The third kappa shape index (κ3) is 19.1. The van der Waals surface area contributed by atoms with Crippen molar-refractivity contribution in [2.45, 2.75) is 129 Å². The summed E-state index contributed by atoms with van der Waals surface area (Å²) in [4.78, 5) is 53.8. The first kappa shape index (κ1) is 62.7. The summed E-state index contributed by atoms with van der Waals surface area (Å²) >= 11 is 5.86. The number of nitrogens with zero attached hydrogens (tertiary/aromatic N) is 11. The average molecular weight is 1160 g/mol. The zero-order chi connectivity index (χ0) is 59.4. The van der Waals surface area contributed by atoms with Crippen LogP contribution in [-0.4, -0.2) is 163 Å². The number of hydrogen-bond donors (Lipinski definition) is 5. The van der Waals surface area contributed by atoms with Crippen molar-refractivity contribution in [3.05, 3.63) is 113 Å². The van der Waals surface area contributed by atoms with E-state index in [1.165, 1.54) is 23.4 Å². The Morgan fingerprint density at radius 2 is 1.28 bits per heavy atom. The molecule has 82 heavy (non-hydrogen) atoms. The second-order valence-corrected chi connectivity index (χ2v) is 23.5. The number of aliphatic imine (C=N–C) groups is 1. The van der Waals surface area contributed by atoms with Gasteiger partial charge in [-0.1, -0.05) is 24.3 Å². The van der Waals surface area contributed by atoms with Gasteiger partial charge in [0.1, 0.15) is 0 Å². The van der Waals surface area contributed by atoms with Gasteiger partial charge < -0.3 is 56.5 Å². The van der Waals surface area contributed by atoms with Crippen molar-refractivity contribution in [3.63, 3.8) is 0 Å². The predicted molar refractivity (Wildman–Crippen MR) is 313 cm³/mol. The van der Waals surface area contributed by atoms with Gasteiger partial charge in [0, 0.05) is 55.2 Å². The number of halogens is 4. The molecule has 3 aromatic heterocycles. The summed E-state index contributed by atoms with van der Waals surface area (Å²) in [6.07, 6.45) is 9.44. The van der Waals surface area contributed by atoms with Crippen LogP contribution in [0.3, 0.4) is 0 Å². The lowest BCUT2D eigenvalue weighted by Crippen LogP contribution is -2.59. The molecule has 0 bridgehead atoms. The van der Waals surface area contributed by atoms with E-state index in [1.54, 1.807) is 35.6 Å². The molecule has 0 spiro atoms. The number of alkyl halides is 3. The number of nitrogens with one attached hydrogen (secondary N) is 3. The molecule has 4 aliphatic rings. The van der Waals surface area contributed by atoms with Crippen molar-refractivity contribution in [1.82, 2.24) is 59.9 Å². The number of urea groups is 2. The highest BCUT2D eigenvalue weighted by atomic mass is 35.5. The van der Waals surface area contributed by atoms with Gasteiger partial charge in [0.15, 0.2) is 0 Å². The number of aryl methyl sites for hydroxylation is 1. The second kappa shape index (κ2) is 27.9. The lowest BCUT2D eigenvalue weighted by Gasteiger charge is -2.41. The maximum absolute atomic E-state index is 14.1. The number of ether oxygens (including phenoxy) is 2. The van der Waals surface area contributed by atoms with Crippen molar-refractivity contribution in [2.24, 2.45) is 16.5 Å². The van der Waals surface area contributed by atoms with Crippen LogP contribution in [0.5, 0.6) is 0 Å². The van der Waals surface area contributed by atoms with Crippen LogP contribution in [0, 0.1) is 6.92 Å².